The number of nitrogens with one attached hydrogen (secondary N) is 1. The van der Waals surface area contributed by atoms with E-state index in [-0.39, 0.29) is 12.5 Å². The molecule has 1 atom stereocenters. The zero-order valence-corrected chi connectivity index (χ0v) is 14.2. The minimum absolute atomic E-state index is 0.191. The van der Waals surface area contributed by atoms with Crippen LogP contribution in [-0.4, -0.2) is 23.6 Å². The minimum Gasteiger partial charge on any atom is -0.485 e. The van der Waals surface area contributed by atoms with Crippen molar-refractivity contribution >= 4 is 17.2 Å². The first kappa shape index (κ1) is 15.7. The summed E-state index contributed by atoms with van der Waals surface area (Å²) in [5.41, 5.74) is 1.90. The molecular formula is C19H16N2O3S. The van der Waals surface area contributed by atoms with Gasteiger partial charge in [0.15, 0.2) is 11.5 Å². The Morgan fingerprint density at radius 3 is 2.92 bits per heavy atom. The third-order valence-corrected chi connectivity index (χ3v) is 4.76. The van der Waals surface area contributed by atoms with Crippen molar-refractivity contribution in [3.8, 4) is 22.1 Å². The fourth-order valence-corrected chi connectivity index (χ4v) is 3.29. The predicted molar refractivity (Wildman–Crippen MR) is 95.7 cm³/mol. The monoisotopic (exact) mass is 352 g/mol. The number of nitrogens with zero attached hydrogens (tertiary/aromatic N) is 1. The molecule has 6 heteroatoms. The average molecular weight is 352 g/mol. The van der Waals surface area contributed by atoms with Gasteiger partial charge in [-0.25, -0.2) is 0 Å². The zero-order valence-electron chi connectivity index (χ0n) is 13.3. The van der Waals surface area contributed by atoms with E-state index in [4.69, 9.17) is 9.47 Å². The van der Waals surface area contributed by atoms with Crippen molar-refractivity contribution < 1.29 is 14.3 Å². The summed E-state index contributed by atoms with van der Waals surface area (Å²) in [6, 6.07) is 15.2. The molecule has 0 radical (unpaired) electrons. The Morgan fingerprint density at radius 2 is 2.08 bits per heavy atom. The molecule has 0 bridgehead atoms. The Kier molecular flexibility index (Phi) is 4.35. The quantitative estimate of drug-likeness (QED) is 0.783. The number of carbonyl (C=O) groups is 1. The van der Waals surface area contributed by atoms with Crippen LogP contribution in [0.4, 0.5) is 0 Å². The largest absolute Gasteiger partial charge is 0.485 e. The molecule has 25 heavy (non-hydrogen) atoms. The van der Waals surface area contributed by atoms with Crippen LogP contribution in [0.15, 0.2) is 60.1 Å². The molecule has 1 N–H and O–H groups in total. The molecule has 1 aromatic carbocycles. The second kappa shape index (κ2) is 6.94. The van der Waals surface area contributed by atoms with E-state index in [1.807, 2.05) is 47.8 Å². The summed E-state index contributed by atoms with van der Waals surface area (Å²) in [5.74, 6) is 1.07. The zero-order chi connectivity index (χ0) is 17.1. The van der Waals surface area contributed by atoms with E-state index in [0.29, 0.717) is 18.0 Å². The smallest absolute Gasteiger partial charge is 0.264 e. The molecule has 2 aromatic heterocycles. The van der Waals surface area contributed by atoms with Gasteiger partial charge in [0.25, 0.3) is 5.91 Å². The number of rotatable bonds is 4. The number of carbonyl (C=O) groups excluding carboxylic acids is 1. The fourth-order valence-electron chi connectivity index (χ4n) is 2.60. The van der Waals surface area contributed by atoms with Gasteiger partial charge in [-0.15, -0.1) is 11.3 Å². The lowest BCUT2D eigenvalue weighted by Gasteiger charge is -2.25. The maximum atomic E-state index is 12.4. The minimum atomic E-state index is -0.645. The number of hydrogen-bond acceptors (Lipinski definition) is 5. The molecule has 1 aliphatic heterocycles. The molecule has 0 saturated heterocycles. The molecule has 3 aromatic rings. The van der Waals surface area contributed by atoms with Crippen LogP contribution >= 0.6 is 11.3 Å². The summed E-state index contributed by atoms with van der Waals surface area (Å²) in [5, 5.41) is 4.92. The van der Waals surface area contributed by atoms with Crippen LogP contribution in [0.3, 0.4) is 0 Å². The molecule has 0 saturated carbocycles. The highest BCUT2D eigenvalue weighted by atomic mass is 32.1. The third-order valence-electron chi connectivity index (χ3n) is 3.87. The number of benzene rings is 1. The van der Waals surface area contributed by atoms with E-state index in [1.54, 1.807) is 23.6 Å². The van der Waals surface area contributed by atoms with Gasteiger partial charge in [0.1, 0.15) is 6.61 Å². The van der Waals surface area contributed by atoms with E-state index in [0.717, 1.165) is 16.1 Å². The van der Waals surface area contributed by atoms with Gasteiger partial charge in [-0.1, -0.05) is 18.2 Å². The second-order valence-electron chi connectivity index (χ2n) is 5.61. The van der Waals surface area contributed by atoms with Gasteiger partial charge in [0.2, 0.25) is 6.10 Å². The van der Waals surface area contributed by atoms with Crippen LogP contribution in [-0.2, 0) is 11.3 Å². The van der Waals surface area contributed by atoms with Crippen molar-refractivity contribution in [3.05, 3.63) is 65.7 Å². The first-order chi connectivity index (χ1) is 12.3. The highest BCUT2D eigenvalue weighted by Crippen LogP contribution is 2.30. The van der Waals surface area contributed by atoms with Crippen molar-refractivity contribution in [3.63, 3.8) is 0 Å². The van der Waals surface area contributed by atoms with Crippen molar-refractivity contribution in [2.45, 2.75) is 12.6 Å². The number of aromatic nitrogens is 1. The van der Waals surface area contributed by atoms with E-state index in [9.17, 15) is 4.79 Å². The molecule has 0 fully saturated rings. The average Bonchev–Trinajstić information content (AvgIpc) is 3.21. The molecule has 5 nitrogen and oxygen atoms in total. The van der Waals surface area contributed by atoms with Crippen LogP contribution in [0.25, 0.3) is 10.6 Å². The van der Waals surface area contributed by atoms with Gasteiger partial charge >= 0.3 is 0 Å². The number of fused-ring (bicyclic) bond motifs is 1. The lowest BCUT2D eigenvalue weighted by atomic mass is 10.2. The predicted octanol–water partition coefficient (Wildman–Crippen LogP) is 3.27. The van der Waals surface area contributed by atoms with Crippen LogP contribution in [0.5, 0.6) is 11.5 Å². The Bertz CT molecular complexity index is 880. The summed E-state index contributed by atoms with van der Waals surface area (Å²) < 4.78 is 11.3. The number of hydrogen-bond donors (Lipinski definition) is 1. The molecule has 0 spiro atoms. The number of para-hydroxylation sites is 2. The normalized spacial score (nSPS) is 15.6. The summed E-state index contributed by atoms with van der Waals surface area (Å²) in [6.07, 6.45) is 1.11. The molecule has 0 unspecified atom stereocenters. The Morgan fingerprint density at radius 1 is 1.20 bits per heavy atom. The molecule has 126 valence electrons. The standard InChI is InChI=1S/C19H16N2O3S/c22-19(17-12-23-15-4-1-2-5-16(15)24-17)21-11-13-7-8-20-14(10-13)18-6-3-9-25-18/h1-10,17H,11-12H2,(H,21,22)/t17-/m1/s1. The van der Waals surface area contributed by atoms with E-state index in [1.165, 1.54) is 0 Å². The Labute approximate surface area is 149 Å². The number of thiophene rings is 1. The van der Waals surface area contributed by atoms with E-state index in [2.05, 4.69) is 10.3 Å². The molecule has 1 amide bonds. The highest BCUT2D eigenvalue weighted by Gasteiger charge is 2.26. The van der Waals surface area contributed by atoms with Gasteiger partial charge in [-0.05, 0) is 41.3 Å². The van der Waals surface area contributed by atoms with Crippen molar-refractivity contribution in [1.82, 2.24) is 10.3 Å². The van der Waals surface area contributed by atoms with Crippen molar-refractivity contribution in [2.24, 2.45) is 0 Å². The number of pyridine rings is 1. The van der Waals surface area contributed by atoms with Crippen molar-refractivity contribution in [1.29, 1.82) is 0 Å². The molecular weight excluding hydrogens is 336 g/mol. The van der Waals surface area contributed by atoms with Crippen LogP contribution in [0.2, 0.25) is 0 Å². The topological polar surface area (TPSA) is 60.5 Å². The molecule has 1 aliphatic rings. The Hall–Kier alpha value is -2.86. The maximum Gasteiger partial charge on any atom is 0.264 e. The third kappa shape index (κ3) is 3.49. The van der Waals surface area contributed by atoms with Gasteiger partial charge < -0.3 is 14.8 Å². The first-order valence-electron chi connectivity index (χ1n) is 7.94. The first-order valence-corrected chi connectivity index (χ1v) is 8.82. The van der Waals surface area contributed by atoms with Crippen LogP contribution in [0.1, 0.15) is 5.56 Å². The number of ether oxygens (including phenoxy) is 2. The Balaban J connectivity index is 1.39. The summed E-state index contributed by atoms with van der Waals surface area (Å²) in [7, 11) is 0. The lowest BCUT2D eigenvalue weighted by molar-refractivity contribution is -0.130. The van der Waals surface area contributed by atoms with Crippen molar-refractivity contribution in [2.75, 3.05) is 6.61 Å². The second-order valence-corrected chi connectivity index (χ2v) is 6.56. The van der Waals surface area contributed by atoms with E-state index < -0.39 is 6.10 Å². The van der Waals surface area contributed by atoms with E-state index >= 15 is 0 Å². The fraction of sp³-hybridized carbons (Fsp3) is 0.158. The van der Waals surface area contributed by atoms with Gasteiger partial charge in [-0.3, -0.25) is 9.78 Å². The van der Waals surface area contributed by atoms with Crippen LogP contribution < -0.4 is 14.8 Å². The molecule has 3 heterocycles. The summed E-state index contributed by atoms with van der Waals surface area (Å²) in [6.45, 7) is 0.626. The SMILES string of the molecule is O=C(NCc1ccnc(-c2cccs2)c1)[C@H]1COc2ccccc2O1. The van der Waals surface area contributed by atoms with Gasteiger partial charge in [0, 0.05) is 12.7 Å². The molecule has 0 aliphatic carbocycles. The summed E-state index contributed by atoms with van der Waals surface area (Å²) >= 11 is 1.64. The highest BCUT2D eigenvalue weighted by molar-refractivity contribution is 7.13. The van der Waals surface area contributed by atoms with Gasteiger partial charge in [-0.2, -0.15) is 0 Å². The number of amides is 1. The molecule has 4 rings (SSSR count). The summed E-state index contributed by atoms with van der Waals surface area (Å²) in [4.78, 5) is 17.8. The van der Waals surface area contributed by atoms with Crippen LogP contribution in [0, 0.1) is 0 Å². The van der Waals surface area contributed by atoms with Gasteiger partial charge in [0.05, 0.1) is 10.6 Å². The maximum absolute atomic E-state index is 12.4. The lowest BCUT2D eigenvalue weighted by Crippen LogP contribution is -2.43.